The van der Waals surface area contributed by atoms with Crippen LogP contribution in [0.5, 0.6) is 5.75 Å². The van der Waals surface area contributed by atoms with Crippen LogP contribution in [0.4, 0.5) is 9.52 Å². The number of aliphatic carboxylic acids is 1. The molecule has 16 nitrogen and oxygen atoms in total. The molecule has 214 valence electrons. The third-order valence-electron chi connectivity index (χ3n) is 5.65. The van der Waals surface area contributed by atoms with E-state index < -0.39 is 35.0 Å². The lowest BCUT2D eigenvalue weighted by Crippen LogP contribution is -2.71. The average molecular weight is 623 g/mol. The van der Waals surface area contributed by atoms with Crippen LogP contribution in [0, 0.1) is 5.82 Å². The van der Waals surface area contributed by atoms with E-state index in [0.717, 1.165) is 28.6 Å². The Hall–Kier alpha value is -4.14. The van der Waals surface area contributed by atoms with Gasteiger partial charge in [-0.25, -0.2) is 13.9 Å². The minimum Gasteiger partial charge on any atom is -0.477 e. The molecule has 0 aliphatic carbocycles. The summed E-state index contributed by atoms with van der Waals surface area (Å²) in [5, 5.41) is 36.4. The van der Waals surface area contributed by atoms with Gasteiger partial charge in [-0.05, 0) is 40.3 Å². The van der Waals surface area contributed by atoms with Gasteiger partial charge in [0.2, 0.25) is 16.7 Å². The van der Waals surface area contributed by atoms with Crippen LogP contribution in [0.1, 0.15) is 5.82 Å². The van der Waals surface area contributed by atoms with Gasteiger partial charge < -0.3 is 26.1 Å². The SMILES string of the molecule is Nc1nc(C(=NOc2ccc(F)cc2)C(=O)NC2C(=O)N3C(C(=O)O)=C(CSc4nnnn4CCO)CS[C@@H]23)ns1. The van der Waals surface area contributed by atoms with Crippen molar-refractivity contribution in [3.63, 3.8) is 0 Å². The Morgan fingerprint density at radius 3 is 2.78 bits per heavy atom. The molecule has 1 saturated heterocycles. The summed E-state index contributed by atoms with van der Waals surface area (Å²) >= 11 is 3.26. The molecule has 1 aromatic carbocycles. The predicted molar refractivity (Wildman–Crippen MR) is 143 cm³/mol. The van der Waals surface area contributed by atoms with Crippen LogP contribution in [0.3, 0.4) is 0 Å². The molecule has 1 fully saturated rings. The number of hydrogen-bond donors (Lipinski definition) is 4. The molecule has 2 aliphatic rings. The molecule has 5 N–H and O–H groups in total. The van der Waals surface area contributed by atoms with E-state index in [0.29, 0.717) is 10.7 Å². The molecule has 5 rings (SSSR count). The summed E-state index contributed by atoms with van der Waals surface area (Å²) in [4.78, 5) is 48.8. The summed E-state index contributed by atoms with van der Waals surface area (Å²) in [7, 11) is 0. The first-order valence-corrected chi connectivity index (χ1v) is 14.4. The Morgan fingerprint density at radius 2 is 2.10 bits per heavy atom. The zero-order valence-electron chi connectivity index (χ0n) is 20.6. The van der Waals surface area contributed by atoms with Gasteiger partial charge in [0.15, 0.2) is 10.9 Å². The molecule has 2 aliphatic heterocycles. The highest BCUT2D eigenvalue weighted by Crippen LogP contribution is 2.41. The number of oxime groups is 1. The van der Waals surface area contributed by atoms with E-state index in [1.54, 1.807) is 0 Å². The number of nitrogens with one attached hydrogen (secondary N) is 1. The molecule has 0 bridgehead atoms. The maximum absolute atomic E-state index is 13.2. The number of β-lactam (4-membered cyclic amide) rings is 1. The maximum atomic E-state index is 13.2. The number of nitrogens with two attached hydrogens (primary N) is 1. The summed E-state index contributed by atoms with van der Waals surface area (Å²) in [6.45, 7) is -0.00246. The Balaban J connectivity index is 1.31. The highest BCUT2D eigenvalue weighted by atomic mass is 32.2. The van der Waals surface area contributed by atoms with Gasteiger partial charge in [0.05, 0.1) is 13.2 Å². The second kappa shape index (κ2) is 12.2. The van der Waals surface area contributed by atoms with Crippen molar-refractivity contribution in [3.05, 3.63) is 47.2 Å². The molecule has 2 amide bonds. The molecule has 20 heteroatoms. The number of carboxylic acid groups (broad SMARTS) is 1. The van der Waals surface area contributed by atoms with Gasteiger partial charge in [-0.1, -0.05) is 16.9 Å². The number of rotatable bonds is 11. The number of aliphatic hydroxyl groups excluding tert-OH is 1. The summed E-state index contributed by atoms with van der Waals surface area (Å²) in [6, 6.07) is 3.81. The maximum Gasteiger partial charge on any atom is 0.352 e. The number of carboxylic acids is 1. The number of nitrogen functional groups attached to an aromatic ring is 1. The van der Waals surface area contributed by atoms with E-state index in [4.69, 9.17) is 15.7 Å². The van der Waals surface area contributed by atoms with Crippen molar-refractivity contribution in [3.8, 4) is 5.75 Å². The van der Waals surface area contributed by atoms with E-state index in [-0.39, 0.29) is 52.8 Å². The Morgan fingerprint density at radius 1 is 1.32 bits per heavy atom. The fourth-order valence-corrected chi connectivity index (χ4v) is 6.62. The van der Waals surface area contributed by atoms with Crippen LogP contribution < -0.4 is 15.9 Å². The minimum atomic E-state index is -1.30. The number of hydrogen-bond acceptors (Lipinski definition) is 15. The first-order chi connectivity index (χ1) is 19.8. The lowest BCUT2D eigenvalue weighted by molar-refractivity contribution is -0.150. The lowest BCUT2D eigenvalue weighted by Gasteiger charge is -2.49. The van der Waals surface area contributed by atoms with Crippen LogP contribution in [0.15, 0.2) is 45.8 Å². The summed E-state index contributed by atoms with van der Waals surface area (Å²) in [6.07, 6.45) is 0. The van der Waals surface area contributed by atoms with E-state index in [1.807, 2.05) is 0 Å². The second-order valence-corrected chi connectivity index (χ2v) is 11.1. The monoisotopic (exact) mass is 622 g/mol. The first kappa shape index (κ1) is 28.4. The standard InChI is InChI=1S/C21H19FN10O6S3/c22-10-1-3-11(4-2-10)38-27-12(15-25-20(23)41-28-15)16(34)24-13-17(35)32-14(19(36)37)9(7-39-18(13)32)8-40-21-26-29-30-31(21)5-6-33/h1-4,13,18,33H,5-8H2,(H,24,34)(H,36,37)(H2,23,25,28)/t13?,18-/m0/s1. The lowest BCUT2D eigenvalue weighted by atomic mass is 10.0. The van der Waals surface area contributed by atoms with E-state index in [2.05, 4.69) is 35.4 Å². The molecule has 4 heterocycles. The normalized spacial score (nSPS) is 18.6. The fraction of sp³-hybridized carbons (Fsp3) is 0.286. The van der Waals surface area contributed by atoms with Crippen molar-refractivity contribution in [2.75, 3.05) is 23.8 Å². The number of thioether (sulfide) groups is 2. The molecule has 0 saturated carbocycles. The Bertz CT molecular complexity index is 1540. The third kappa shape index (κ3) is 5.99. The second-order valence-electron chi connectivity index (χ2n) is 8.26. The number of carbonyl (C=O) groups is 3. The number of anilines is 1. The first-order valence-electron chi connectivity index (χ1n) is 11.6. The van der Waals surface area contributed by atoms with Gasteiger partial charge in [0.1, 0.15) is 22.9 Å². The number of nitrogens with zero attached hydrogens (tertiary/aromatic N) is 8. The molecular weight excluding hydrogens is 603 g/mol. The topological polar surface area (TPSA) is 224 Å². The van der Waals surface area contributed by atoms with E-state index in [9.17, 15) is 23.9 Å². The van der Waals surface area contributed by atoms with Crippen molar-refractivity contribution in [2.24, 2.45) is 5.16 Å². The third-order valence-corrected chi connectivity index (χ3v) is 8.57. The number of amides is 2. The zero-order valence-corrected chi connectivity index (χ0v) is 23.0. The number of aliphatic hydroxyl groups is 1. The molecule has 2 aromatic heterocycles. The molecule has 41 heavy (non-hydrogen) atoms. The zero-order chi connectivity index (χ0) is 29.1. The quantitative estimate of drug-likeness (QED) is 0.0920. The Kier molecular flexibility index (Phi) is 8.42. The number of aromatic nitrogens is 6. The van der Waals surface area contributed by atoms with Gasteiger partial charge in [0, 0.05) is 23.0 Å². The van der Waals surface area contributed by atoms with E-state index >= 15 is 0 Å². The molecular formula is C21H19FN10O6S3. The van der Waals surface area contributed by atoms with Crippen molar-refractivity contribution in [1.29, 1.82) is 0 Å². The van der Waals surface area contributed by atoms with Gasteiger partial charge in [-0.2, -0.15) is 9.36 Å². The number of fused-ring (bicyclic) bond motifs is 1. The summed E-state index contributed by atoms with van der Waals surface area (Å²) in [5.74, 6) is -2.87. The highest BCUT2D eigenvalue weighted by Gasteiger charge is 2.54. The molecule has 2 atom stereocenters. The molecule has 3 aromatic rings. The van der Waals surface area contributed by atoms with Crippen LogP contribution >= 0.6 is 35.1 Å². The number of tetrazole rings is 1. The van der Waals surface area contributed by atoms with Gasteiger partial charge in [0.25, 0.3) is 11.8 Å². The van der Waals surface area contributed by atoms with Crippen molar-refractivity contribution in [2.45, 2.75) is 23.1 Å². The predicted octanol–water partition coefficient (Wildman–Crippen LogP) is -0.448. The van der Waals surface area contributed by atoms with Gasteiger partial charge >= 0.3 is 5.97 Å². The van der Waals surface area contributed by atoms with Gasteiger partial charge in [-0.15, -0.1) is 16.9 Å². The van der Waals surface area contributed by atoms with Crippen LogP contribution in [-0.4, -0.2) is 97.7 Å². The molecule has 0 spiro atoms. The number of halogens is 1. The number of carbonyl (C=O) groups excluding carboxylic acids is 2. The molecule has 1 unspecified atom stereocenters. The molecule has 0 radical (unpaired) electrons. The van der Waals surface area contributed by atoms with Crippen LogP contribution in [-0.2, 0) is 20.9 Å². The van der Waals surface area contributed by atoms with Crippen molar-refractivity contribution >= 4 is 63.7 Å². The van der Waals surface area contributed by atoms with Crippen molar-refractivity contribution < 1.29 is 33.8 Å². The smallest absolute Gasteiger partial charge is 0.352 e. The average Bonchev–Trinajstić information content (AvgIpc) is 3.59. The van der Waals surface area contributed by atoms with E-state index in [1.165, 1.54) is 40.3 Å². The summed E-state index contributed by atoms with van der Waals surface area (Å²) < 4.78 is 18.6. The van der Waals surface area contributed by atoms with Gasteiger partial charge in [-0.3, -0.25) is 14.5 Å². The largest absolute Gasteiger partial charge is 0.477 e. The minimum absolute atomic E-state index is 0.0584. The highest BCUT2D eigenvalue weighted by molar-refractivity contribution is 8.01. The van der Waals surface area contributed by atoms with Crippen molar-refractivity contribution in [1.82, 2.24) is 39.8 Å². The van der Waals surface area contributed by atoms with Crippen LogP contribution in [0.2, 0.25) is 0 Å². The van der Waals surface area contributed by atoms with Crippen LogP contribution in [0.25, 0.3) is 0 Å². The summed E-state index contributed by atoms with van der Waals surface area (Å²) in [5.41, 5.74) is 5.55. The fourth-order valence-electron chi connectivity index (χ4n) is 3.80. The number of benzene rings is 1. The Labute approximate surface area is 242 Å².